The third kappa shape index (κ3) is 4.10. The van der Waals surface area contributed by atoms with Crippen molar-refractivity contribution in [3.05, 3.63) is 50.7 Å². The zero-order valence-corrected chi connectivity index (χ0v) is 18.6. The molecule has 9 nitrogen and oxygen atoms in total. The molecule has 1 aliphatic heterocycles. The van der Waals surface area contributed by atoms with E-state index in [2.05, 4.69) is 27.3 Å². The van der Waals surface area contributed by atoms with Gasteiger partial charge in [-0.1, -0.05) is 12.1 Å². The molecule has 0 aliphatic carbocycles. The zero-order chi connectivity index (χ0) is 22.1. The molecule has 0 atom stereocenters. The van der Waals surface area contributed by atoms with E-state index >= 15 is 0 Å². The number of imidazole rings is 1. The monoisotopic (exact) mass is 426 g/mol. The van der Waals surface area contributed by atoms with Gasteiger partial charge in [0.2, 0.25) is 5.95 Å². The van der Waals surface area contributed by atoms with Gasteiger partial charge in [-0.15, -0.1) is 0 Å². The maximum Gasteiger partial charge on any atom is 0.332 e. The number of ether oxygens (including phenoxy) is 1. The molecule has 3 aromatic rings. The van der Waals surface area contributed by atoms with Crippen molar-refractivity contribution in [3.63, 3.8) is 0 Å². The molecular weight excluding hydrogens is 396 g/mol. The van der Waals surface area contributed by atoms with Gasteiger partial charge >= 0.3 is 5.69 Å². The number of aryl methyl sites for hydroxylation is 2. The van der Waals surface area contributed by atoms with E-state index in [1.165, 1.54) is 17.2 Å². The van der Waals surface area contributed by atoms with E-state index in [0.717, 1.165) is 49.2 Å². The lowest BCUT2D eigenvalue weighted by Crippen LogP contribution is -2.40. The Morgan fingerprint density at radius 2 is 1.71 bits per heavy atom. The maximum absolute atomic E-state index is 12.5. The molecule has 0 amide bonds. The van der Waals surface area contributed by atoms with Crippen LogP contribution in [0.25, 0.3) is 11.2 Å². The number of likely N-dealkylation sites (tertiary alicyclic amines) is 1. The molecule has 4 rings (SSSR count). The SMILES string of the molecule is COc1ccc(CCN2CCC(Nc3nc4c(c(=O)n(C)c(=O)n4C)n3C)CC2)cc1. The van der Waals surface area contributed by atoms with Gasteiger partial charge in [0, 0.05) is 46.8 Å². The Morgan fingerprint density at radius 3 is 2.35 bits per heavy atom. The number of nitrogens with one attached hydrogen (secondary N) is 1. The summed E-state index contributed by atoms with van der Waals surface area (Å²) in [5.74, 6) is 1.51. The summed E-state index contributed by atoms with van der Waals surface area (Å²) >= 11 is 0. The summed E-state index contributed by atoms with van der Waals surface area (Å²) in [4.78, 5) is 31.8. The predicted molar refractivity (Wildman–Crippen MR) is 121 cm³/mol. The average molecular weight is 427 g/mol. The fourth-order valence-electron chi connectivity index (χ4n) is 4.21. The fourth-order valence-corrected chi connectivity index (χ4v) is 4.21. The van der Waals surface area contributed by atoms with Crippen molar-refractivity contribution >= 4 is 17.1 Å². The molecule has 1 N–H and O–H groups in total. The first kappa shape index (κ1) is 21.2. The number of rotatable bonds is 6. The first-order chi connectivity index (χ1) is 14.9. The van der Waals surface area contributed by atoms with E-state index in [1.807, 2.05) is 19.2 Å². The quantitative estimate of drug-likeness (QED) is 0.635. The highest BCUT2D eigenvalue weighted by Gasteiger charge is 2.22. The molecule has 2 aromatic heterocycles. The summed E-state index contributed by atoms with van der Waals surface area (Å²) in [6.45, 7) is 3.06. The summed E-state index contributed by atoms with van der Waals surface area (Å²) in [6.07, 6.45) is 3.02. The zero-order valence-electron chi connectivity index (χ0n) is 18.6. The number of hydrogen-bond acceptors (Lipinski definition) is 6. The van der Waals surface area contributed by atoms with Crippen molar-refractivity contribution in [2.24, 2.45) is 21.1 Å². The molecular formula is C22H30N6O3. The Morgan fingerprint density at radius 1 is 1.03 bits per heavy atom. The average Bonchev–Trinajstić information content (AvgIpc) is 3.12. The Kier molecular flexibility index (Phi) is 5.86. The van der Waals surface area contributed by atoms with Crippen LogP contribution in [0.4, 0.5) is 5.95 Å². The summed E-state index contributed by atoms with van der Waals surface area (Å²) in [5, 5.41) is 3.49. The van der Waals surface area contributed by atoms with E-state index in [0.29, 0.717) is 17.1 Å². The summed E-state index contributed by atoms with van der Waals surface area (Å²) < 4.78 is 9.51. The van der Waals surface area contributed by atoms with Crippen LogP contribution in [0.2, 0.25) is 0 Å². The van der Waals surface area contributed by atoms with Crippen LogP contribution in [0.3, 0.4) is 0 Å². The molecule has 1 saturated heterocycles. The number of nitrogens with zero attached hydrogens (tertiary/aromatic N) is 5. The van der Waals surface area contributed by atoms with Crippen LogP contribution in [-0.2, 0) is 27.6 Å². The van der Waals surface area contributed by atoms with Crippen LogP contribution < -0.4 is 21.3 Å². The minimum atomic E-state index is -0.368. The van der Waals surface area contributed by atoms with Gasteiger partial charge in [-0.25, -0.2) is 4.79 Å². The van der Waals surface area contributed by atoms with Crippen LogP contribution >= 0.6 is 0 Å². The Bertz CT molecular complexity index is 1180. The van der Waals surface area contributed by atoms with E-state index in [1.54, 1.807) is 18.7 Å². The number of hydrogen-bond donors (Lipinski definition) is 1. The third-order valence-corrected chi connectivity index (χ3v) is 6.27. The molecule has 1 aromatic carbocycles. The molecule has 0 saturated carbocycles. The first-order valence-corrected chi connectivity index (χ1v) is 10.6. The molecule has 0 radical (unpaired) electrons. The number of aromatic nitrogens is 4. The van der Waals surface area contributed by atoms with Crippen LogP contribution in [0.1, 0.15) is 18.4 Å². The van der Waals surface area contributed by atoms with Crippen LogP contribution in [0, 0.1) is 0 Å². The second kappa shape index (κ2) is 8.58. The molecule has 0 unspecified atom stereocenters. The summed E-state index contributed by atoms with van der Waals surface area (Å²) in [5.41, 5.74) is 1.47. The van der Waals surface area contributed by atoms with Gasteiger partial charge in [0.25, 0.3) is 5.56 Å². The maximum atomic E-state index is 12.5. The Labute approximate surface area is 180 Å². The molecule has 1 fully saturated rings. The van der Waals surface area contributed by atoms with E-state index in [-0.39, 0.29) is 17.3 Å². The molecule has 31 heavy (non-hydrogen) atoms. The van der Waals surface area contributed by atoms with Crippen molar-refractivity contribution in [2.45, 2.75) is 25.3 Å². The highest BCUT2D eigenvalue weighted by molar-refractivity contribution is 5.74. The molecule has 9 heteroatoms. The van der Waals surface area contributed by atoms with Crippen LogP contribution in [-0.4, -0.2) is 56.4 Å². The van der Waals surface area contributed by atoms with Crippen molar-refractivity contribution in [3.8, 4) is 5.75 Å². The van der Waals surface area contributed by atoms with Gasteiger partial charge in [-0.3, -0.25) is 13.9 Å². The topological polar surface area (TPSA) is 86.3 Å². The van der Waals surface area contributed by atoms with Gasteiger partial charge in [0.15, 0.2) is 11.2 Å². The van der Waals surface area contributed by atoms with E-state index in [4.69, 9.17) is 4.74 Å². The van der Waals surface area contributed by atoms with E-state index < -0.39 is 0 Å². The van der Waals surface area contributed by atoms with Crippen LogP contribution in [0.15, 0.2) is 33.9 Å². The molecule has 0 bridgehead atoms. The Balaban J connectivity index is 1.37. The third-order valence-electron chi connectivity index (χ3n) is 6.27. The smallest absolute Gasteiger partial charge is 0.332 e. The Hall–Kier alpha value is -3.07. The molecule has 3 heterocycles. The van der Waals surface area contributed by atoms with Crippen molar-refractivity contribution in [1.82, 2.24) is 23.6 Å². The van der Waals surface area contributed by atoms with Crippen LogP contribution in [0.5, 0.6) is 5.75 Å². The standard InChI is InChI=1S/C22H30N6O3/c1-25-18-19(26(2)22(30)27(3)20(18)29)24-21(25)23-16-10-13-28(14-11-16)12-9-15-5-7-17(31-4)8-6-15/h5-8,16H,9-14H2,1-4H3,(H,23,24). The number of benzene rings is 1. The lowest BCUT2D eigenvalue weighted by atomic mass is 10.0. The highest BCUT2D eigenvalue weighted by atomic mass is 16.5. The number of methoxy groups -OCH3 is 1. The molecule has 0 spiro atoms. The first-order valence-electron chi connectivity index (χ1n) is 10.6. The van der Waals surface area contributed by atoms with Gasteiger partial charge < -0.3 is 19.5 Å². The number of anilines is 1. The van der Waals surface area contributed by atoms with Gasteiger partial charge in [-0.2, -0.15) is 4.98 Å². The molecule has 1 aliphatic rings. The normalized spacial score (nSPS) is 15.5. The number of piperidine rings is 1. The van der Waals surface area contributed by atoms with Gasteiger partial charge in [-0.05, 0) is 37.0 Å². The largest absolute Gasteiger partial charge is 0.497 e. The molecule has 166 valence electrons. The highest BCUT2D eigenvalue weighted by Crippen LogP contribution is 2.19. The summed E-state index contributed by atoms with van der Waals surface area (Å²) in [7, 11) is 6.63. The second-order valence-corrected chi connectivity index (χ2v) is 8.23. The van der Waals surface area contributed by atoms with Crippen molar-refractivity contribution < 1.29 is 4.74 Å². The van der Waals surface area contributed by atoms with Crippen molar-refractivity contribution in [1.29, 1.82) is 0 Å². The lowest BCUT2D eigenvalue weighted by molar-refractivity contribution is 0.221. The van der Waals surface area contributed by atoms with Gasteiger partial charge in [0.05, 0.1) is 7.11 Å². The predicted octanol–water partition coefficient (Wildman–Crippen LogP) is 1.10. The van der Waals surface area contributed by atoms with Gasteiger partial charge in [0.1, 0.15) is 5.75 Å². The van der Waals surface area contributed by atoms with Crippen molar-refractivity contribution in [2.75, 3.05) is 32.1 Å². The summed E-state index contributed by atoms with van der Waals surface area (Å²) in [6, 6.07) is 8.54. The second-order valence-electron chi connectivity index (χ2n) is 8.23. The lowest BCUT2D eigenvalue weighted by Gasteiger charge is -2.32. The van der Waals surface area contributed by atoms with E-state index in [9.17, 15) is 9.59 Å². The minimum Gasteiger partial charge on any atom is -0.497 e. The fraction of sp³-hybridized carbons (Fsp3) is 0.500. The minimum absolute atomic E-state index is 0.286. The number of fused-ring (bicyclic) bond motifs is 1.